The molecule has 0 aliphatic carbocycles. The average molecular weight is 338 g/mol. The number of hydrogen-bond donors (Lipinski definition) is 1. The fourth-order valence-electron chi connectivity index (χ4n) is 1.65. The predicted octanol–water partition coefficient (Wildman–Crippen LogP) is 3.44. The summed E-state index contributed by atoms with van der Waals surface area (Å²) >= 11 is -1.27. The van der Waals surface area contributed by atoms with Crippen molar-refractivity contribution < 1.29 is 22.5 Å². The summed E-state index contributed by atoms with van der Waals surface area (Å²) in [6.45, 7) is 7.71. The molecule has 0 radical (unpaired) electrons. The van der Waals surface area contributed by atoms with Crippen LogP contribution in [0, 0.1) is 6.92 Å². The van der Waals surface area contributed by atoms with Crippen LogP contribution in [0.15, 0.2) is 12.3 Å². The second-order valence-electron chi connectivity index (χ2n) is 6.00. The van der Waals surface area contributed by atoms with E-state index >= 15 is 0 Å². The lowest BCUT2D eigenvalue weighted by Crippen LogP contribution is -2.40. The fourth-order valence-corrected chi connectivity index (χ4v) is 2.44. The van der Waals surface area contributed by atoms with E-state index in [1.165, 1.54) is 12.3 Å². The Balaban J connectivity index is 2.77. The predicted molar refractivity (Wildman–Crippen MR) is 80.0 cm³/mol. The summed E-state index contributed by atoms with van der Waals surface area (Å²) in [6, 6.07) is 1.20. The lowest BCUT2D eigenvalue weighted by atomic mass is 10.1. The minimum Gasteiger partial charge on any atom is -0.598 e. The molecule has 2 atom stereocenters. The number of ether oxygens (including phenoxy) is 1. The van der Waals surface area contributed by atoms with E-state index in [1.54, 1.807) is 13.8 Å². The largest absolute Gasteiger partial charge is 0.598 e. The van der Waals surface area contributed by atoms with Gasteiger partial charge in [0.05, 0.1) is 17.9 Å². The van der Waals surface area contributed by atoms with Crippen molar-refractivity contribution >= 4 is 11.4 Å². The maximum Gasteiger partial charge on any atom is 0.422 e. The highest BCUT2D eigenvalue weighted by atomic mass is 32.2. The van der Waals surface area contributed by atoms with Crippen molar-refractivity contribution in [2.24, 2.45) is 0 Å². The fraction of sp³-hybridized carbons (Fsp3) is 0.643. The minimum absolute atomic E-state index is 0.0581. The van der Waals surface area contributed by atoms with Gasteiger partial charge in [0.25, 0.3) is 0 Å². The molecule has 22 heavy (non-hydrogen) atoms. The van der Waals surface area contributed by atoms with Gasteiger partial charge in [-0.05, 0) is 46.2 Å². The summed E-state index contributed by atoms with van der Waals surface area (Å²) in [7, 11) is 0. The number of alkyl halides is 3. The molecule has 1 heterocycles. The Labute approximate surface area is 131 Å². The molecule has 1 aromatic heterocycles. The van der Waals surface area contributed by atoms with Crippen LogP contribution in [0.4, 0.5) is 13.2 Å². The van der Waals surface area contributed by atoms with Gasteiger partial charge in [-0.3, -0.25) is 4.98 Å². The van der Waals surface area contributed by atoms with Crippen LogP contribution in [0.2, 0.25) is 0 Å². The Kier molecular flexibility index (Phi) is 6.11. The molecule has 0 aliphatic heterocycles. The van der Waals surface area contributed by atoms with Crippen molar-refractivity contribution in [3.8, 4) is 5.75 Å². The van der Waals surface area contributed by atoms with Gasteiger partial charge in [0.2, 0.25) is 0 Å². The highest BCUT2D eigenvalue weighted by Gasteiger charge is 2.30. The van der Waals surface area contributed by atoms with Crippen molar-refractivity contribution in [3.63, 3.8) is 0 Å². The number of aryl methyl sites for hydroxylation is 1. The summed E-state index contributed by atoms with van der Waals surface area (Å²) in [5, 5.41) is 0. The van der Waals surface area contributed by atoms with E-state index in [9.17, 15) is 17.7 Å². The molecule has 0 saturated heterocycles. The monoisotopic (exact) mass is 338 g/mol. The molecule has 0 bridgehead atoms. The molecule has 1 aromatic rings. The summed E-state index contributed by atoms with van der Waals surface area (Å²) < 4.78 is 55.6. The van der Waals surface area contributed by atoms with Gasteiger partial charge in [0.1, 0.15) is 10.5 Å². The van der Waals surface area contributed by atoms with Gasteiger partial charge in [0.15, 0.2) is 6.61 Å². The molecule has 126 valence electrons. The molecule has 1 rings (SSSR count). The van der Waals surface area contributed by atoms with E-state index in [0.717, 1.165) is 0 Å². The molecule has 1 N–H and O–H groups in total. The van der Waals surface area contributed by atoms with Crippen LogP contribution < -0.4 is 9.46 Å². The topological polar surface area (TPSA) is 57.2 Å². The Morgan fingerprint density at radius 3 is 2.41 bits per heavy atom. The summed E-state index contributed by atoms with van der Waals surface area (Å²) in [5.74, 6) is 0.0581. The van der Waals surface area contributed by atoms with Crippen LogP contribution in [-0.4, -0.2) is 27.1 Å². The zero-order chi connectivity index (χ0) is 17.1. The number of aromatic nitrogens is 1. The highest BCUT2D eigenvalue weighted by molar-refractivity contribution is 7.90. The Morgan fingerprint density at radius 1 is 1.36 bits per heavy atom. The number of nitrogens with one attached hydrogen (secondary N) is 1. The SMILES string of the molecule is Cc1cc(OCC(F)(F)F)cnc1[C@@H](C)N[S@+]([O-])C(C)(C)C. The highest BCUT2D eigenvalue weighted by Crippen LogP contribution is 2.24. The zero-order valence-corrected chi connectivity index (χ0v) is 14.1. The zero-order valence-electron chi connectivity index (χ0n) is 13.2. The molecule has 0 aliphatic rings. The van der Waals surface area contributed by atoms with Crippen molar-refractivity contribution in [2.45, 2.75) is 51.6 Å². The van der Waals surface area contributed by atoms with Crippen LogP contribution in [-0.2, 0) is 11.4 Å². The molecular formula is C14H21F3N2O2S. The quantitative estimate of drug-likeness (QED) is 0.836. The van der Waals surface area contributed by atoms with E-state index in [2.05, 4.69) is 14.4 Å². The average Bonchev–Trinajstić information content (AvgIpc) is 2.34. The van der Waals surface area contributed by atoms with E-state index in [0.29, 0.717) is 11.3 Å². The third-order valence-electron chi connectivity index (χ3n) is 2.75. The first kappa shape index (κ1) is 19.1. The van der Waals surface area contributed by atoms with Crippen molar-refractivity contribution in [2.75, 3.05) is 6.61 Å². The third kappa shape index (κ3) is 6.02. The molecular weight excluding hydrogens is 317 g/mol. The normalized spacial score (nSPS) is 15.5. The number of rotatable bonds is 5. The summed E-state index contributed by atoms with van der Waals surface area (Å²) in [4.78, 5) is 4.12. The molecule has 4 nitrogen and oxygen atoms in total. The molecule has 0 saturated carbocycles. The van der Waals surface area contributed by atoms with Crippen LogP contribution in [0.5, 0.6) is 5.75 Å². The van der Waals surface area contributed by atoms with Gasteiger partial charge in [-0.15, -0.1) is 4.72 Å². The smallest absolute Gasteiger partial charge is 0.422 e. The summed E-state index contributed by atoms with van der Waals surface area (Å²) in [5.41, 5.74) is 1.29. The first-order valence-corrected chi connectivity index (χ1v) is 7.89. The number of pyridine rings is 1. The number of halogens is 3. The maximum absolute atomic E-state index is 12.1. The van der Waals surface area contributed by atoms with Gasteiger partial charge in [-0.1, -0.05) is 0 Å². The first-order chi connectivity index (χ1) is 9.90. The van der Waals surface area contributed by atoms with Crippen molar-refractivity contribution in [3.05, 3.63) is 23.5 Å². The van der Waals surface area contributed by atoms with Gasteiger partial charge in [-0.2, -0.15) is 13.2 Å². The van der Waals surface area contributed by atoms with Gasteiger partial charge in [0, 0.05) is 11.4 Å². The van der Waals surface area contributed by atoms with E-state index in [4.69, 9.17) is 0 Å². The lowest BCUT2D eigenvalue weighted by Gasteiger charge is -2.26. The van der Waals surface area contributed by atoms with Crippen LogP contribution in [0.25, 0.3) is 0 Å². The van der Waals surface area contributed by atoms with Crippen LogP contribution in [0.1, 0.15) is 45.0 Å². The number of hydrogen-bond acceptors (Lipinski definition) is 4. The lowest BCUT2D eigenvalue weighted by molar-refractivity contribution is -0.153. The van der Waals surface area contributed by atoms with E-state index in [1.807, 2.05) is 20.8 Å². The molecule has 0 unspecified atom stereocenters. The van der Waals surface area contributed by atoms with Crippen molar-refractivity contribution in [1.82, 2.24) is 9.71 Å². The summed E-state index contributed by atoms with van der Waals surface area (Å²) in [6.07, 6.45) is -3.14. The number of nitrogens with zero attached hydrogens (tertiary/aromatic N) is 1. The minimum atomic E-state index is -4.38. The first-order valence-electron chi connectivity index (χ1n) is 6.74. The molecule has 0 amide bonds. The molecule has 0 spiro atoms. The van der Waals surface area contributed by atoms with Crippen LogP contribution >= 0.6 is 0 Å². The Hall–Kier alpha value is -0.990. The molecule has 0 fully saturated rings. The second-order valence-corrected chi connectivity index (χ2v) is 8.00. The van der Waals surface area contributed by atoms with Crippen molar-refractivity contribution in [1.29, 1.82) is 0 Å². The third-order valence-corrected chi connectivity index (χ3v) is 4.43. The van der Waals surface area contributed by atoms with E-state index < -0.39 is 28.9 Å². The van der Waals surface area contributed by atoms with Gasteiger partial charge < -0.3 is 9.29 Å². The molecule has 8 heteroatoms. The van der Waals surface area contributed by atoms with Gasteiger partial charge in [-0.25, -0.2) is 0 Å². The standard InChI is InChI=1S/C14H21F3N2O2S/c1-9-6-11(21-8-14(15,16)17)7-18-12(9)10(2)19-22(20)13(3,4)5/h6-7,10,19H,8H2,1-5H3/t10-,22-/m1/s1. The molecule has 0 aromatic carbocycles. The van der Waals surface area contributed by atoms with Crippen LogP contribution in [0.3, 0.4) is 0 Å². The maximum atomic E-state index is 12.1. The second kappa shape index (κ2) is 7.06. The Bertz CT molecular complexity index is 504. The van der Waals surface area contributed by atoms with E-state index in [-0.39, 0.29) is 11.8 Å². The van der Waals surface area contributed by atoms with Gasteiger partial charge >= 0.3 is 6.18 Å². The Morgan fingerprint density at radius 2 is 1.95 bits per heavy atom.